The Morgan fingerprint density at radius 3 is 2.53 bits per heavy atom. The van der Waals surface area contributed by atoms with Gasteiger partial charge in [-0.15, -0.1) is 0 Å². The Morgan fingerprint density at radius 2 is 1.76 bits per heavy atom. The number of amides is 2. The molecule has 1 aliphatic rings. The van der Waals surface area contributed by atoms with E-state index in [1.165, 1.54) is 0 Å². The van der Waals surface area contributed by atoms with E-state index in [2.05, 4.69) is 17.2 Å². The summed E-state index contributed by atoms with van der Waals surface area (Å²) < 4.78 is 10.5. The van der Waals surface area contributed by atoms with Crippen LogP contribution in [0.25, 0.3) is 0 Å². The van der Waals surface area contributed by atoms with Gasteiger partial charge in [0.1, 0.15) is 11.8 Å². The fourth-order valence-corrected chi connectivity index (χ4v) is 4.07. The van der Waals surface area contributed by atoms with Crippen molar-refractivity contribution in [1.29, 1.82) is 0 Å². The van der Waals surface area contributed by atoms with Crippen molar-refractivity contribution in [2.45, 2.75) is 12.0 Å². The molecule has 0 saturated heterocycles. The van der Waals surface area contributed by atoms with Crippen LogP contribution in [0, 0.1) is 11.8 Å². The van der Waals surface area contributed by atoms with Gasteiger partial charge in [0.2, 0.25) is 5.91 Å². The average molecular weight is 455 g/mol. The van der Waals surface area contributed by atoms with Gasteiger partial charge in [-0.3, -0.25) is 9.59 Å². The van der Waals surface area contributed by atoms with Crippen LogP contribution in [0.2, 0.25) is 0 Å². The van der Waals surface area contributed by atoms with Gasteiger partial charge < -0.3 is 19.7 Å². The van der Waals surface area contributed by atoms with E-state index in [-0.39, 0.29) is 11.8 Å². The van der Waals surface area contributed by atoms with Gasteiger partial charge in [-0.25, -0.2) is 0 Å². The molecule has 0 bridgehead atoms. The maximum atomic E-state index is 13.7. The first-order valence-electron chi connectivity index (χ1n) is 11.0. The highest BCUT2D eigenvalue weighted by Crippen LogP contribution is 2.34. The summed E-state index contributed by atoms with van der Waals surface area (Å²) in [6.07, 6.45) is 0. The van der Waals surface area contributed by atoms with Crippen LogP contribution in [0.4, 0.5) is 5.69 Å². The number of nitrogens with zero attached hydrogens (tertiary/aromatic N) is 1. The van der Waals surface area contributed by atoms with Gasteiger partial charge in [-0.1, -0.05) is 54.3 Å². The van der Waals surface area contributed by atoms with Crippen LogP contribution in [0.15, 0.2) is 78.9 Å². The van der Waals surface area contributed by atoms with Gasteiger partial charge in [0.25, 0.3) is 5.91 Å². The minimum atomic E-state index is -0.687. The fraction of sp³-hybridized carbons (Fsp3) is 0.214. The first-order valence-corrected chi connectivity index (χ1v) is 11.0. The monoisotopic (exact) mass is 454 g/mol. The molecule has 0 fully saturated rings. The van der Waals surface area contributed by atoms with Gasteiger partial charge in [0.15, 0.2) is 0 Å². The van der Waals surface area contributed by atoms with Gasteiger partial charge in [0, 0.05) is 36.5 Å². The normalized spacial score (nSPS) is 16.8. The second kappa shape index (κ2) is 10.7. The fourth-order valence-electron chi connectivity index (χ4n) is 4.07. The van der Waals surface area contributed by atoms with Crippen LogP contribution < -0.4 is 10.1 Å². The second-order valence-corrected chi connectivity index (χ2v) is 7.86. The zero-order valence-corrected chi connectivity index (χ0v) is 19.2. The van der Waals surface area contributed by atoms with E-state index in [1.54, 1.807) is 43.4 Å². The number of hydrogen-bond donors (Lipinski definition) is 1. The zero-order valence-electron chi connectivity index (χ0n) is 19.2. The van der Waals surface area contributed by atoms with Crippen molar-refractivity contribution in [3.63, 3.8) is 0 Å². The van der Waals surface area contributed by atoms with Crippen LogP contribution >= 0.6 is 0 Å². The molecule has 1 N–H and O–H groups in total. The minimum absolute atomic E-state index is 0.162. The van der Waals surface area contributed by atoms with Crippen LogP contribution in [-0.4, -0.2) is 50.1 Å². The molecule has 34 heavy (non-hydrogen) atoms. The van der Waals surface area contributed by atoms with E-state index >= 15 is 0 Å². The number of anilines is 1. The highest BCUT2D eigenvalue weighted by Gasteiger charge is 2.42. The third kappa shape index (κ3) is 4.95. The second-order valence-electron chi connectivity index (χ2n) is 7.86. The standard InChI is InChI=1S/C28H26N2O4/c1-33-18-17-30-25(16-15-20-9-4-3-5-10-20)26(23-13-6-7-14-24(23)28(30)32)27(31)29-21-11-8-12-22(19-21)34-2/h3-14,19,25-26H,17-18H2,1-2H3,(H,29,31). The molecule has 6 heteroatoms. The number of nitrogens with one attached hydrogen (secondary N) is 1. The summed E-state index contributed by atoms with van der Waals surface area (Å²) in [6, 6.07) is 23.3. The summed E-state index contributed by atoms with van der Waals surface area (Å²) in [5, 5.41) is 2.99. The number of ether oxygens (including phenoxy) is 2. The van der Waals surface area contributed by atoms with Crippen molar-refractivity contribution in [2.24, 2.45) is 0 Å². The number of carbonyl (C=O) groups is 2. The van der Waals surface area contributed by atoms with Crippen molar-refractivity contribution >= 4 is 17.5 Å². The lowest BCUT2D eigenvalue weighted by Crippen LogP contribution is -2.51. The predicted octanol–water partition coefficient (Wildman–Crippen LogP) is 3.94. The summed E-state index contributed by atoms with van der Waals surface area (Å²) in [7, 11) is 3.16. The summed E-state index contributed by atoms with van der Waals surface area (Å²) in [5.74, 6) is 5.92. The minimum Gasteiger partial charge on any atom is -0.497 e. The summed E-state index contributed by atoms with van der Waals surface area (Å²) in [6.45, 7) is 0.655. The van der Waals surface area contributed by atoms with Crippen molar-refractivity contribution in [1.82, 2.24) is 4.90 Å². The van der Waals surface area contributed by atoms with E-state index in [4.69, 9.17) is 9.47 Å². The highest BCUT2D eigenvalue weighted by molar-refractivity contribution is 6.04. The highest BCUT2D eigenvalue weighted by atomic mass is 16.5. The third-order valence-corrected chi connectivity index (χ3v) is 5.73. The smallest absolute Gasteiger partial charge is 0.255 e. The molecule has 0 aliphatic carbocycles. The molecule has 3 aromatic carbocycles. The average Bonchev–Trinajstić information content (AvgIpc) is 2.87. The molecule has 3 aromatic rings. The summed E-state index contributed by atoms with van der Waals surface area (Å²) in [4.78, 5) is 28.7. The number of benzene rings is 3. The number of hydrogen-bond acceptors (Lipinski definition) is 4. The Hall–Kier alpha value is -4.08. The Balaban J connectivity index is 1.77. The molecule has 0 aromatic heterocycles. The van der Waals surface area contributed by atoms with Gasteiger partial charge >= 0.3 is 0 Å². The van der Waals surface area contributed by atoms with Gasteiger partial charge in [-0.05, 0) is 35.9 Å². The molecule has 6 nitrogen and oxygen atoms in total. The Kier molecular flexibility index (Phi) is 7.26. The Morgan fingerprint density at radius 1 is 1.00 bits per heavy atom. The Bertz CT molecular complexity index is 1230. The molecule has 0 spiro atoms. The van der Waals surface area contributed by atoms with Crippen molar-refractivity contribution < 1.29 is 19.1 Å². The number of carbonyl (C=O) groups excluding carboxylic acids is 2. The largest absolute Gasteiger partial charge is 0.497 e. The van der Waals surface area contributed by atoms with E-state index in [9.17, 15) is 9.59 Å². The van der Waals surface area contributed by atoms with Crippen LogP contribution in [-0.2, 0) is 9.53 Å². The van der Waals surface area contributed by atoms with Crippen molar-refractivity contribution in [2.75, 3.05) is 32.7 Å². The maximum Gasteiger partial charge on any atom is 0.255 e. The quantitative estimate of drug-likeness (QED) is 0.573. The molecule has 2 unspecified atom stereocenters. The SMILES string of the molecule is COCCN1C(=O)c2ccccc2C(C(=O)Nc2cccc(OC)c2)C1C#Cc1ccccc1. The Labute approximate surface area is 199 Å². The molecule has 2 amide bonds. The first-order chi connectivity index (χ1) is 16.6. The molecule has 0 saturated carbocycles. The van der Waals surface area contributed by atoms with E-state index in [0.717, 1.165) is 5.56 Å². The zero-order chi connectivity index (χ0) is 23.9. The number of methoxy groups -OCH3 is 2. The lowest BCUT2D eigenvalue weighted by molar-refractivity contribution is -0.118. The molecule has 2 atom stereocenters. The van der Waals surface area contributed by atoms with Crippen molar-refractivity contribution in [3.05, 3.63) is 95.6 Å². The molecule has 1 aliphatic heterocycles. The molecule has 0 radical (unpaired) electrons. The summed E-state index contributed by atoms with van der Waals surface area (Å²) >= 11 is 0. The van der Waals surface area contributed by atoms with Crippen LogP contribution in [0.5, 0.6) is 5.75 Å². The van der Waals surface area contributed by atoms with Crippen LogP contribution in [0.1, 0.15) is 27.4 Å². The van der Waals surface area contributed by atoms with E-state index in [1.807, 2.05) is 54.6 Å². The molecular formula is C28H26N2O4. The third-order valence-electron chi connectivity index (χ3n) is 5.73. The van der Waals surface area contributed by atoms with Gasteiger partial charge in [-0.2, -0.15) is 0 Å². The lowest BCUT2D eigenvalue weighted by atomic mass is 9.82. The maximum absolute atomic E-state index is 13.7. The van der Waals surface area contributed by atoms with Crippen molar-refractivity contribution in [3.8, 4) is 17.6 Å². The summed E-state index contributed by atoms with van der Waals surface area (Å²) in [5.41, 5.74) is 2.58. The lowest BCUT2D eigenvalue weighted by Gasteiger charge is -2.38. The molecule has 1 heterocycles. The number of rotatable bonds is 6. The number of fused-ring (bicyclic) bond motifs is 1. The van der Waals surface area contributed by atoms with E-state index < -0.39 is 12.0 Å². The van der Waals surface area contributed by atoms with Crippen LogP contribution in [0.3, 0.4) is 0 Å². The molecule has 172 valence electrons. The molecule has 4 rings (SSSR count). The van der Waals surface area contributed by atoms with E-state index in [0.29, 0.717) is 35.7 Å². The molecular weight excluding hydrogens is 428 g/mol. The van der Waals surface area contributed by atoms with Gasteiger partial charge in [0.05, 0.1) is 19.6 Å². The first kappa shape index (κ1) is 23.1. The topological polar surface area (TPSA) is 67.9 Å². The predicted molar refractivity (Wildman–Crippen MR) is 131 cm³/mol.